The molecule has 0 saturated heterocycles. The van der Waals surface area contributed by atoms with Crippen LogP contribution in [0.5, 0.6) is 0 Å². The van der Waals surface area contributed by atoms with E-state index in [4.69, 9.17) is 17.3 Å². The van der Waals surface area contributed by atoms with Crippen LogP contribution in [0.3, 0.4) is 0 Å². The van der Waals surface area contributed by atoms with Crippen LogP contribution in [-0.4, -0.2) is 17.1 Å². The lowest BCUT2D eigenvalue weighted by atomic mass is 10.2. The molecule has 4 nitrogen and oxygen atoms in total. The Bertz CT molecular complexity index is 526. The minimum atomic E-state index is -4.58. The smallest absolute Gasteiger partial charge is 0.397 e. The molecule has 1 aromatic heterocycles. The van der Waals surface area contributed by atoms with Crippen LogP contribution in [0.4, 0.5) is 13.2 Å². The predicted molar refractivity (Wildman–Crippen MR) is 57.5 cm³/mol. The van der Waals surface area contributed by atoms with Crippen LogP contribution in [0.15, 0.2) is 18.3 Å². The topological polar surface area (TPSA) is 73.1 Å². The number of aromatic nitrogens is 1. The minimum Gasteiger partial charge on any atom is -0.397 e. The van der Waals surface area contributed by atoms with Gasteiger partial charge in [0, 0.05) is 12.3 Å². The monoisotopic (exact) mass is 278 g/mol. The van der Waals surface area contributed by atoms with Gasteiger partial charge >= 0.3 is 6.18 Å². The van der Waals surface area contributed by atoms with Gasteiger partial charge in [-0.2, -0.15) is 13.2 Å². The zero-order chi connectivity index (χ0) is 13.9. The zero-order valence-electron chi connectivity index (χ0n) is 8.66. The van der Waals surface area contributed by atoms with E-state index in [0.717, 1.165) is 6.08 Å². The number of carbonyl (C=O) groups excluding carboxylic acids is 2. The first-order chi connectivity index (χ1) is 8.25. The normalized spacial score (nSPS) is 12.3. The van der Waals surface area contributed by atoms with Crippen molar-refractivity contribution in [3.8, 4) is 0 Å². The van der Waals surface area contributed by atoms with Crippen LogP contribution in [0.1, 0.15) is 11.3 Å². The van der Waals surface area contributed by atoms with Crippen LogP contribution >= 0.6 is 11.6 Å². The van der Waals surface area contributed by atoms with Gasteiger partial charge in [0.2, 0.25) is 5.78 Å². The number of nitrogens with two attached hydrogens (primary N) is 1. The number of carbonyl (C=O) groups is 2. The molecule has 1 heterocycles. The molecule has 18 heavy (non-hydrogen) atoms. The van der Waals surface area contributed by atoms with Gasteiger partial charge < -0.3 is 5.73 Å². The van der Waals surface area contributed by atoms with Crippen molar-refractivity contribution in [3.63, 3.8) is 0 Å². The molecule has 2 N–H and O–H groups in total. The number of allylic oxidation sites excluding steroid dienone is 1. The highest BCUT2D eigenvalue weighted by atomic mass is 35.5. The highest BCUT2D eigenvalue weighted by molar-refractivity contribution is 6.34. The first-order valence-corrected chi connectivity index (χ1v) is 4.83. The van der Waals surface area contributed by atoms with Crippen molar-refractivity contribution in [2.75, 3.05) is 0 Å². The van der Waals surface area contributed by atoms with Gasteiger partial charge in [-0.3, -0.25) is 14.6 Å². The summed E-state index contributed by atoms with van der Waals surface area (Å²) in [5.41, 5.74) is 3.87. The van der Waals surface area contributed by atoms with Gasteiger partial charge in [0.1, 0.15) is 5.69 Å². The SMILES string of the molecule is N/C(=C\C(=O)C=O)c1ncc(C(F)(F)F)cc1Cl. The van der Waals surface area contributed by atoms with Gasteiger partial charge in [-0.1, -0.05) is 11.6 Å². The van der Waals surface area contributed by atoms with Crippen molar-refractivity contribution in [3.05, 3.63) is 34.6 Å². The highest BCUT2D eigenvalue weighted by Gasteiger charge is 2.31. The predicted octanol–water partition coefficient (Wildman–Crippen LogP) is 1.82. The van der Waals surface area contributed by atoms with Crippen molar-refractivity contribution in [1.29, 1.82) is 0 Å². The van der Waals surface area contributed by atoms with Gasteiger partial charge in [0.25, 0.3) is 0 Å². The summed E-state index contributed by atoms with van der Waals surface area (Å²) in [4.78, 5) is 24.3. The molecule has 1 rings (SSSR count). The van der Waals surface area contributed by atoms with E-state index >= 15 is 0 Å². The molecule has 0 radical (unpaired) electrons. The van der Waals surface area contributed by atoms with E-state index in [9.17, 15) is 22.8 Å². The van der Waals surface area contributed by atoms with Crippen molar-refractivity contribution in [1.82, 2.24) is 4.98 Å². The molecular weight excluding hydrogens is 273 g/mol. The third-order valence-corrected chi connectivity index (χ3v) is 2.14. The van der Waals surface area contributed by atoms with Crippen LogP contribution < -0.4 is 5.73 Å². The number of ketones is 1. The average molecular weight is 279 g/mol. The summed E-state index contributed by atoms with van der Waals surface area (Å²) in [6.07, 6.45) is -3.31. The summed E-state index contributed by atoms with van der Waals surface area (Å²) < 4.78 is 37.0. The number of halogens is 4. The largest absolute Gasteiger partial charge is 0.417 e. The van der Waals surface area contributed by atoms with Gasteiger partial charge in [0.15, 0.2) is 6.29 Å². The summed E-state index contributed by atoms with van der Waals surface area (Å²) in [7, 11) is 0. The Labute approximate surface area is 104 Å². The number of rotatable bonds is 3. The summed E-state index contributed by atoms with van der Waals surface area (Å²) in [5.74, 6) is -0.940. The lowest BCUT2D eigenvalue weighted by Crippen LogP contribution is -2.09. The molecule has 96 valence electrons. The maximum atomic E-state index is 12.3. The lowest BCUT2D eigenvalue weighted by Gasteiger charge is -2.08. The first kappa shape index (κ1) is 14.2. The summed E-state index contributed by atoms with van der Waals surface area (Å²) >= 11 is 5.57. The van der Waals surface area contributed by atoms with E-state index in [1.165, 1.54) is 0 Å². The Morgan fingerprint density at radius 3 is 2.50 bits per heavy atom. The number of hydrogen-bond acceptors (Lipinski definition) is 4. The van der Waals surface area contributed by atoms with Crippen molar-refractivity contribution in [2.45, 2.75) is 6.18 Å². The summed E-state index contributed by atoms with van der Waals surface area (Å²) in [6.45, 7) is 0. The molecule has 0 atom stereocenters. The van der Waals surface area contributed by atoms with Crippen molar-refractivity contribution in [2.24, 2.45) is 5.73 Å². The molecule has 8 heteroatoms. The molecule has 1 aromatic rings. The van der Waals surface area contributed by atoms with E-state index in [1.54, 1.807) is 0 Å². The van der Waals surface area contributed by atoms with Gasteiger partial charge in [-0.25, -0.2) is 0 Å². The first-order valence-electron chi connectivity index (χ1n) is 4.45. The van der Waals surface area contributed by atoms with Crippen LogP contribution in [-0.2, 0) is 15.8 Å². The Morgan fingerprint density at radius 1 is 1.44 bits per heavy atom. The molecule has 0 spiro atoms. The van der Waals surface area contributed by atoms with E-state index in [0.29, 0.717) is 12.3 Å². The van der Waals surface area contributed by atoms with Gasteiger partial charge in [-0.05, 0) is 6.07 Å². The zero-order valence-corrected chi connectivity index (χ0v) is 9.42. The maximum absolute atomic E-state index is 12.3. The van der Waals surface area contributed by atoms with Crippen LogP contribution in [0.2, 0.25) is 5.02 Å². The Balaban J connectivity index is 3.18. The molecule has 0 saturated carbocycles. The second-order valence-electron chi connectivity index (χ2n) is 3.17. The summed E-state index contributed by atoms with van der Waals surface area (Å²) in [5, 5.41) is -0.364. The van der Waals surface area contributed by atoms with E-state index in [1.807, 2.05) is 0 Å². The molecule has 0 aliphatic heterocycles. The Kier molecular flexibility index (Phi) is 4.07. The van der Waals surface area contributed by atoms with E-state index < -0.39 is 17.5 Å². The fourth-order valence-electron chi connectivity index (χ4n) is 1.06. The quantitative estimate of drug-likeness (QED) is 0.520. The second kappa shape index (κ2) is 5.18. The second-order valence-corrected chi connectivity index (χ2v) is 3.58. The van der Waals surface area contributed by atoms with E-state index in [-0.39, 0.29) is 22.7 Å². The van der Waals surface area contributed by atoms with Crippen molar-refractivity contribution < 1.29 is 22.8 Å². The van der Waals surface area contributed by atoms with Gasteiger partial charge in [-0.15, -0.1) is 0 Å². The van der Waals surface area contributed by atoms with E-state index in [2.05, 4.69) is 4.98 Å². The number of pyridine rings is 1. The number of nitrogens with zero attached hydrogens (tertiary/aromatic N) is 1. The number of aldehydes is 1. The summed E-state index contributed by atoms with van der Waals surface area (Å²) in [6, 6.07) is 0.635. The fourth-order valence-corrected chi connectivity index (χ4v) is 1.34. The standard InChI is InChI=1S/C10H6ClF3N2O2/c11-7-1-5(10(12,13)14)3-16-9(7)8(15)2-6(18)4-17/h1-4H,15H2/b8-2-. The molecule has 0 aliphatic carbocycles. The molecular formula is C10H6ClF3N2O2. The average Bonchev–Trinajstić information content (AvgIpc) is 2.27. The molecule has 0 bridgehead atoms. The third kappa shape index (κ3) is 3.30. The van der Waals surface area contributed by atoms with Crippen molar-refractivity contribution >= 4 is 29.4 Å². The number of hydrogen-bond donors (Lipinski definition) is 1. The van der Waals surface area contributed by atoms with Crippen LogP contribution in [0, 0.1) is 0 Å². The molecule has 0 unspecified atom stereocenters. The number of alkyl halides is 3. The molecule has 0 amide bonds. The van der Waals surface area contributed by atoms with Gasteiger partial charge in [0.05, 0.1) is 16.3 Å². The third-order valence-electron chi connectivity index (χ3n) is 1.86. The minimum absolute atomic E-state index is 0.00481. The maximum Gasteiger partial charge on any atom is 0.417 e. The highest BCUT2D eigenvalue weighted by Crippen LogP contribution is 2.31. The molecule has 0 aromatic carbocycles. The lowest BCUT2D eigenvalue weighted by molar-refractivity contribution is -0.137. The Morgan fingerprint density at radius 2 is 2.06 bits per heavy atom. The Hall–Kier alpha value is -1.89. The molecule has 0 aliphatic rings. The molecule has 0 fully saturated rings. The van der Waals surface area contributed by atoms with Crippen LogP contribution in [0.25, 0.3) is 5.70 Å². The fraction of sp³-hybridized carbons (Fsp3) is 0.100.